The molecule has 0 spiro atoms. The first-order valence-electron chi connectivity index (χ1n) is 5.60. The summed E-state index contributed by atoms with van der Waals surface area (Å²) in [7, 11) is 0. The zero-order valence-electron chi connectivity index (χ0n) is 9.44. The molecule has 8 heteroatoms. The van der Waals surface area contributed by atoms with Gasteiger partial charge in [-0.2, -0.15) is 0 Å². The number of nitro groups is 1. The average molecular weight is 249 g/mol. The molecule has 0 saturated carbocycles. The summed E-state index contributed by atoms with van der Waals surface area (Å²) < 4.78 is 4.55. The maximum absolute atomic E-state index is 11.2. The molecule has 1 aliphatic heterocycles. The van der Waals surface area contributed by atoms with Gasteiger partial charge in [0.05, 0.1) is 11.1 Å². The largest absolute Gasteiger partial charge is 0.351 e. The molecule has 1 saturated heterocycles. The lowest BCUT2D eigenvalue weighted by atomic mass is 10.2. The molecule has 1 aromatic heterocycles. The molecule has 1 unspecified atom stereocenters. The fourth-order valence-electron chi connectivity index (χ4n) is 2.33. The first kappa shape index (κ1) is 10.9. The number of aromatic nitrogens is 2. The normalized spacial score (nSPS) is 19.6. The first-order chi connectivity index (χ1) is 8.68. The van der Waals surface area contributed by atoms with Crippen molar-refractivity contribution in [1.29, 1.82) is 0 Å². The number of hydrogen-bond donors (Lipinski definition) is 1. The molecule has 8 nitrogen and oxygen atoms in total. The van der Waals surface area contributed by atoms with Crippen LogP contribution in [0.1, 0.15) is 12.8 Å². The SMILES string of the molecule is NC1CCCN1c1ccc2nonc2c1[N+](=O)[O-]. The molecule has 0 radical (unpaired) electrons. The maximum Gasteiger partial charge on any atom is 0.323 e. The monoisotopic (exact) mass is 249 g/mol. The molecular formula is C10H11N5O3. The van der Waals surface area contributed by atoms with E-state index in [0.29, 0.717) is 17.7 Å². The highest BCUT2D eigenvalue weighted by atomic mass is 16.6. The van der Waals surface area contributed by atoms with E-state index in [2.05, 4.69) is 14.9 Å². The number of rotatable bonds is 2. The Hall–Kier alpha value is -2.22. The summed E-state index contributed by atoms with van der Waals surface area (Å²) in [5.74, 6) is 0. The summed E-state index contributed by atoms with van der Waals surface area (Å²) in [6.07, 6.45) is 1.56. The van der Waals surface area contributed by atoms with Gasteiger partial charge in [-0.1, -0.05) is 0 Å². The van der Waals surface area contributed by atoms with E-state index in [0.717, 1.165) is 12.8 Å². The van der Waals surface area contributed by atoms with Crippen LogP contribution in [0.3, 0.4) is 0 Å². The number of nitrogens with two attached hydrogens (primary N) is 1. The van der Waals surface area contributed by atoms with Crippen molar-refractivity contribution in [1.82, 2.24) is 10.3 Å². The molecule has 1 aliphatic rings. The maximum atomic E-state index is 11.2. The predicted octanol–water partition coefficient (Wildman–Crippen LogP) is 1.02. The zero-order valence-corrected chi connectivity index (χ0v) is 9.44. The molecule has 1 atom stereocenters. The van der Waals surface area contributed by atoms with E-state index >= 15 is 0 Å². The van der Waals surface area contributed by atoms with Crippen LogP contribution in [-0.4, -0.2) is 27.9 Å². The molecule has 1 fully saturated rings. The third-order valence-corrected chi connectivity index (χ3v) is 3.17. The summed E-state index contributed by atoms with van der Waals surface area (Å²) in [5, 5.41) is 18.4. The minimum absolute atomic E-state index is 0.0916. The summed E-state index contributed by atoms with van der Waals surface area (Å²) in [4.78, 5) is 12.6. The van der Waals surface area contributed by atoms with Crippen molar-refractivity contribution < 1.29 is 9.55 Å². The molecule has 1 aromatic carbocycles. The molecule has 18 heavy (non-hydrogen) atoms. The molecule has 2 heterocycles. The molecule has 0 bridgehead atoms. The van der Waals surface area contributed by atoms with Crippen LogP contribution in [0.4, 0.5) is 11.4 Å². The van der Waals surface area contributed by atoms with E-state index in [1.54, 1.807) is 12.1 Å². The zero-order chi connectivity index (χ0) is 12.7. The van der Waals surface area contributed by atoms with Crippen LogP contribution in [0.5, 0.6) is 0 Å². The molecule has 0 amide bonds. The van der Waals surface area contributed by atoms with Gasteiger partial charge in [0.25, 0.3) is 0 Å². The lowest BCUT2D eigenvalue weighted by molar-refractivity contribution is -0.382. The first-order valence-corrected chi connectivity index (χ1v) is 5.60. The van der Waals surface area contributed by atoms with Gasteiger partial charge < -0.3 is 10.6 Å². The minimum Gasteiger partial charge on any atom is -0.351 e. The van der Waals surface area contributed by atoms with Crippen LogP contribution >= 0.6 is 0 Å². The Balaban J connectivity index is 2.21. The van der Waals surface area contributed by atoms with Crippen molar-refractivity contribution in [3.63, 3.8) is 0 Å². The Kier molecular flexibility index (Phi) is 2.37. The van der Waals surface area contributed by atoms with E-state index in [1.165, 1.54) is 0 Å². The van der Waals surface area contributed by atoms with Crippen molar-refractivity contribution >= 4 is 22.4 Å². The highest BCUT2D eigenvalue weighted by Gasteiger charge is 2.30. The number of nitrogens with zero attached hydrogens (tertiary/aromatic N) is 4. The van der Waals surface area contributed by atoms with E-state index in [4.69, 9.17) is 5.73 Å². The topological polar surface area (TPSA) is 111 Å². The van der Waals surface area contributed by atoms with Gasteiger partial charge in [-0.3, -0.25) is 10.1 Å². The van der Waals surface area contributed by atoms with E-state index in [9.17, 15) is 10.1 Å². The number of anilines is 1. The van der Waals surface area contributed by atoms with Crippen LogP contribution in [0, 0.1) is 10.1 Å². The van der Waals surface area contributed by atoms with Crippen LogP contribution in [0.15, 0.2) is 16.8 Å². The van der Waals surface area contributed by atoms with Crippen LogP contribution in [-0.2, 0) is 0 Å². The summed E-state index contributed by atoms with van der Waals surface area (Å²) in [5.41, 5.74) is 6.87. The fraction of sp³-hybridized carbons (Fsp3) is 0.400. The Labute approximate surface area is 101 Å². The van der Waals surface area contributed by atoms with Crippen LogP contribution in [0.2, 0.25) is 0 Å². The van der Waals surface area contributed by atoms with Gasteiger partial charge in [0.1, 0.15) is 11.2 Å². The Morgan fingerprint density at radius 2 is 2.33 bits per heavy atom. The Bertz CT molecular complexity index is 611. The van der Waals surface area contributed by atoms with Crippen LogP contribution < -0.4 is 10.6 Å². The van der Waals surface area contributed by atoms with E-state index in [1.807, 2.05) is 4.90 Å². The molecule has 2 N–H and O–H groups in total. The van der Waals surface area contributed by atoms with Gasteiger partial charge in [-0.05, 0) is 35.3 Å². The Morgan fingerprint density at radius 3 is 3.00 bits per heavy atom. The predicted molar refractivity (Wildman–Crippen MR) is 63.0 cm³/mol. The number of fused-ring (bicyclic) bond motifs is 1. The van der Waals surface area contributed by atoms with Gasteiger partial charge in [0.2, 0.25) is 5.52 Å². The quantitative estimate of drug-likeness (QED) is 0.624. The lowest BCUT2D eigenvalue weighted by Crippen LogP contribution is -2.36. The summed E-state index contributed by atoms with van der Waals surface area (Å²) in [6, 6.07) is 3.30. The third-order valence-electron chi connectivity index (χ3n) is 3.17. The standard InChI is InChI=1S/C10H11N5O3/c11-8-2-1-5-14(8)7-4-3-6-9(13-18-12-6)10(7)15(16)17/h3-4,8H,1-2,5,11H2. The smallest absolute Gasteiger partial charge is 0.323 e. The van der Waals surface area contributed by atoms with E-state index in [-0.39, 0.29) is 17.4 Å². The molecule has 2 aromatic rings. The van der Waals surface area contributed by atoms with Crippen molar-refractivity contribution in [2.45, 2.75) is 19.0 Å². The second kappa shape index (κ2) is 3.91. The lowest BCUT2D eigenvalue weighted by Gasteiger charge is -2.22. The van der Waals surface area contributed by atoms with Crippen molar-refractivity contribution in [3.8, 4) is 0 Å². The minimum atomic E-state index is -0.465. The van der Waals surface area contributed by atoms with Gasteiger partial charge in [-0.15, -0.1) is 0 Å². The van der Waals surface area contributed by atoms with Crippen molar-refractivity contribution in [2.24, 2.45) is 5.73 Å². The van der Waals surface area contributed by atoms with Crippen LogP contribution in [0.25, 0.3) is 11.0 Å². The molecule has 94 valence electrons. The number of hydrogen-bond acceptors (Lipinski definition) is 7. The molecule has 3 rings (SSSR count). The average Bonchev–Trinajstić information content (AvgIpc) is 2.95. The number of benzene rings is 1. The highest BCUT2D eigenvalue weighted by Crippen LogP contribution is 2.36. The van der Waals surface area contributed by atoms with E-state index < -0.39 is 4.92 Å². The fourth-order valence-corrected chi connectivity index (χ4v) is 2.33. The van der Waals surface area contributed by atoms with Gasteiger partial charge >= 0.3 is 5.69 Å². The summed E-state index contributed by atoms with van der Waals surface area (Å²) in [6.45, 7) is 0.707. The van der Waals surface area contributed by atoms with Gasteiger partial charge in [0.15, 0.2) is 0 Å². The third kappa shape index (κ3) is 1.50. The van der Waals surface area contributed by atoms with Crippen molar-refractivity contribution in [3.05, 3.63) is 22.2 Å². The van der Waals surface area contributed by atoms with Crippen molar-refractivity contribution in [2.75, 3.05) is 11.4 Å². The Morgan fingerprint density at radius 1 is 1.50 bits per heavy atom. The highest BCUT2D eigenvalue weighted by molar-refractivity contribution is 5.91. The summed E-state index contributed by atoms with van der Waals surface area (Å²) >= 11 is 0. The molecular weight excluding hydrogens is 238 g/mol. The second-order valence-electron chi connectivity index (χ2n) is 4.23. The van der Waals surface area contributed by atoms with Gasteiger partial charge in [0, 0.05) is 6.54 Å². The second-order valence-corrected chi connectivity index (χ2v) is 4.23. The van der Waals surface area contributed by atoms with Gasteiger partial charge in [-0.25, -0.2) is 4.63 Å². The molecule has 0 aliphatic carbocycles. The number of nitro benzene ring substituents is 1.